The quantitative estimate of drug-likeness (QED) is 0.590. The summed E-state index contributed by atoms with van der Waals surface area (Å²) in [6.45, 7) is 0. The van der Waals surface area contributed by atoms with Crippen molar-refractivity contribution >= 4 is 5.97 Å². The fourth-order valence-corrected chi connectivity index (χ4v) is 1.74. The van der Waals surface area contributed by atoms with Gasteiger partial charge < -0.3 is 9.47 Å². The molecule has 70 valence electrons. The fraction of sp³-hybridized carbons (Fsp3) is 0.889. The van der Waals surface area contributed by atoms with Gasteiger partial charge in [-0.25, -0.2) is 0 Å². The minimum absolute atomic E-state index is 0.0636. The molecule has 0 aliphatic heterocycles. The largest absolute Gasteiger partial charge is 0.469 e. The first-order chi connectivity index (χ1) is 5.77. The van der Waals surface area contributed by atoms with Crippen LogP contribution in [0.25, 0.3) is 0 Å². The third kappa shape index (κ3) is 2.21. The Morgan fingerprint density at radius 2 is 2.08 bits per heavy atom. The predicted octanol–water partition coefficient (Wildman–Crippen LogP) is 1.36. The first-order valence-corrected chi connectivity index (χ1v) is 4.38. The molecule has 0 aromatic rings. The molecule has 0 aromatic carbocycles. The molecular weight excluding hydrogens is 156 g/mol. The van der Waals surface area contributed by atoms with Crippen molar-refractivity contribution in [2.45, 2.75) is 31.8 Å². The van der Waals surface area contributed by atoms with Crippen LogP contribution in [-0.2, 0) is 14.3 Å². The molecule has 1 aliphatic rings. The molecule has 1 aliphatic carbocycles. The second-order valence-corrected chi connectivity index (χ2v) is 3.24. The molecule has 12 heavy (non-hydrogen) atoms. The van der Waals surface area contributed by atoms with Crippen molar-refractivity contribution < 1.29 is 14.3 Å². The van der Waals surface area contributed by atoms with Crippen LogP contribution < -0.4 is 0 Å². The van der Waals surface area contributed by atoms with Crippen LogP contribution in [0.5, 0.6) is 0 Å². The Balaban J connectivity index is 2.40. The summed E-state index contributed by atoms with van der Waals surface area (Å²) >= 11 is 0. The van der Waals surface area contributed by atoms with Gasteiger partial charge in [-0.3, -0.25) is 4.79 Å². The maximum atomic E-state index is 11.2. The molecular formula is C9H16O3. The monoisotopic (exact) mass is 172 g/mol. The average Bonchev–Trinajstić information content (AvgIpc) is 2.17. The van der Waals surface area contributed by atoms with Crippen LogP contribution in [0.2, 0.25) is 0 Å². The fourth-order valence-electron chi connectivity index (χ4n) is 1.74. The van der Waals surface area contributed by atoms with Crippen molar-refractivity contribution in [3.8, 4) is 0 Å². The van der Waals surface area contributed by atoms with Crippen LogP contribution in [0.3, 0.4) is 0 Å². The molecule has 1 saturated carbocycles. The number of ether oxygens (including phenoxy) is 2. The van der Waals surface area contributed by atoms with E-state index in [2.05, 4.69) is 4.74 Å². The molecule has 1 fully saturated rings. The van der Waals surface area contributed by atoms with Crippen molar-refractivity contribution in [2.75, 3.05) is 14.2 Å². The molecule has 0 unspecified atom stereocenters. The lowest BCUT2D eigenvalue weighted by atomic mass is 9.87. The third-order valence-corrected chi connectivity index (χ3v) is 2.49. The van der Waals surface area contributed by atoms with Crippen molar-refractivity contribution in [2.24, 2.45) is 5.92 Å². The van der Waals surface area contributed by atoms with E-state index in [0.29, 0.717) is 0 Å². The molecule has 1 rings (SSSR count). The zero-order valence-corrected chi connectivity index (χ0v) is 7.71. The highest BCUT2D eigenvalue weighted by Crippen LogP contribution is 2.26. The molecule has 0 radical (unpaired) electrons. The molecule has 2 atom stereocenters. The molecule has 0 saturated heterocycles. The van der Waals surface area contributed by atoms with Gasteiger partial charge in [0.2, 0.25) is 0 Å². The molecule has 0 N–H and O–H groups in total. The first-order valence-electron chi connectivity index (χ1n) is 4.38. The minimum atomic E-state index is -0.0863. The lowest BCUT2D eigenvalue weighted by Gasteiger charge is -2.26. The van der Waals surface area contributed by atoms with Gasteiger partial charge in [0.25, 0.3) is 0 Å². The Morgan fingerprint density at radius 3 is 2.67 bits per heavy atom. The standard InChI is InChI=1S/C9H16O3/c1-11-8-5-3-4-7(6-8)9(10)12-2/h7-8H,3-6H2,1-2H3/t7-,8+/m0/s1. The Morgan fingerprint density at radius 1 is 1.33 bits per heavy atom. The van der Waals surface area contributed by atoms with E-state index >= 15 is 0 Å². The van der Waals surface area contributed by atoms with Crippen molar-refractivity contribution in [1.82, 2.24) is 0 Å². The number of hydrogen-bond acceptors (Lipinski definition) is 3. The lowest BCUT2D eigenvalue weighted by Crippen LogP contribution is -2.27. The smallest absolute Gasteiger partial charge is 0.308 e. The van der Waals surface area contributed by atoms with E-state index < -0.39 is 0 Å². The summed E-state index contributed by atoms with van der Waals surface area (Å²) in [5, 5.41) is 0. The van der Waals surface area contributed by atoms with Gasteiger partial charge in [-0.1, -0.05) is 6.42 Å². The molecule has 0 aromatic heterocycles. The van der Waals surface area contributed by atoms with E-state index in [1.165, 1.54) is 7.11 Å². The number of esters is 1. The Labute approximate surface area is 73.0 Å². The van der Waals surface area contributed by atoms with Crippen molar-refractivity contribution in [3.05, 3.63) is 0 Å². The summed E-state index contributed by atoms with van der Waals surface area (Å²) in [7, 11) is 3.14. The van der Waals surface area contributed by atoms with Gasteiger partial charge in [-0.2, -0.15) is 0 Å². The minimum Gasteiger partial charge on any atom is -0.469 e. The summed E-state index contributed by atoms with van der Waals surface area (Å²) in [6, 6.07) is 0. The summed E-state index contributed by atoms with van der Waals surface area (Å²) in [6.07, 6.45) is 4.17. The maximum absolute atomic E-state index is 11.2. The van der Waals surface area contributed by atoms with E-state index in [1.807, 2.05) is 0 Å². The van der Waals surface area contributed by atoms with Gasteiger partial charge in [0.15, 0.2) is 0 Å². The Hall–Kier alpha value is -0.570. The Kier molecular flexibility index (Phi) is 3.53. The normalized spacial score (nSPS) is 29.8. The molecule has 3 nitrogen and oxygen atoms in total. The van der Waals surface area contributed by atoms with Crippen LogP contribution in [-0.4, -0.2) is 26.3 Å². The van der Waals surface area contributed by atoms with E-state index in [0.717, 1.165) is 25.7 Å². The van der Waals surface area contributed by atoms with Gasteiger partial charge in [0.1, 0.15) is 0 Å². The molecule has 0 spiro atoms. The van der Waals surface area contributed by atoms with E-state index in [1.54, 1.807) is 7.11 Å². The van der Waals surface area contributed by atoms with Crippen LogP contribution >= 0.6 is 0 Å². The summed E-state index contributed by atoms with van der Waals surface area (Å²) in [5.41, 5.74) is 0. The van der Waals surface area contributed by atoms with Crippen LogP contribution in [0.1, 0.15) is 25.7 Å². The SMILES string of the molecule is COC(=O)[C@H]1CCC[C@@H](OC)C1. The van der Waals surface area contributed by atoms with E-state index in [4.69, 9.17) is 4.74 Å². The van der Waals surface area contributed by atoms with Gasteiger partial charge in [0, 0.05) is 7.11 Å². The molecule has 0 bridgehead atoms. The highest BCUT2D eigenvalue weighted by Gasteiger charge is 2.27. The van der Waals surface area contributed by atoms with E-state index in [9.17, 15) is 4.79 Å². The first kappa shape index (κ1) is 9.52. The van der Waals surface area contributed by atoms with Gasteiger partial charge in [0.05, 0.1) is 19.1 Å². The Bertz CT molecular complexity index is 156. The number of rotatable bonds is 2. The zero-order valence-electron chi connectivity index (χ0n) is 7.71. The van der Waals surface area contributed by atoms with Crippen LogP contribution in [0, 0.1) is 5.92 Å². The van der Waals surface area contributed by atoms with Gasteiger partial charge in [-0.05, 0) is 19.3 Å². The highest BCUT2D eigenvalue weighted by molar-refractivity contribution is 5.72. The lowest BCUT2D eigenvalue weighted by molar-refractivity contribution is -0.148. The van der Waals surface area contributed by atoms with Gasteiger partial charge >= 0.3 is 5.97 Å². The highest BCUT2D eigenvalue weighted by atomic mass is 16.5. The zero-order chi connectivity index (χ0) is 8.97. The summed E-state index contributed by atoms with van der Waals surface area (Å²) in [5.74, 6) is -0.0227. The number of carbonyl (C=O) groups is 1. The van der Waals surface area contributed by atoms with E-state index in [-0.39, 0.29) is 18.0 Å². The maximum Gasteiger partial charge on any atom is 0.308 e. The second-order valence-electron chi connectivity index (χ2n) is 3.24. The molecule has 0 amide bonds. The number of carbonyl (C=O) groups excluding carboxylic acids is 1. The summed E-state index contributed by atoms with van der Waals surface area (Å²) in [4.78, 5) is 11.2. The molecule has 0 heterocycles. The van der Waals surface area contributed by atoms with Gasteiger partial charge in [-0.15, -0.1) is 0 Å². The number of hydrogen-bond donors (Lipinski definition) is 0. The summed E-state index contributed by atoms with van der Waals surface area (Å²) < 4.78 is 9.90. The predicted molar refractivity (Wildman–Crippen MR) is 44.8 cm³/mol. The van der Waals surface area contributed by atoms with Crippen molar-refractivity contribution in [3.63, 3.8) is 0 Å². The molecule has 3 heteroatoms. The third-order valence-electron chi connectivity index (χ3n) is 2.49. The second kappa shape index (κ2) is 4.45. The van der Waals surface area contributed by atoms with Crippen LogP contribution in [0.15, 0.2) is 0 Å². The average molecular weight is 172 g/mol. The van der Waals surface area contributed by atoms with Crippen LogP contribution in [0.4, 0.5) is 0 Å². The number of methoxy groups -OCH3 is 2. The topological polar surface area (TPSA) is 35.5 Å². The van der Waals surface area contributed by atoms with Crippen molar-refractivity contribution in [1.29, 1.82) is 0 Å².